The van der Waals surface area contributed by atoms with E-state index in [1.54, 1.807) is 0 Å². The maximum Gasteiger partial charge on any atom is 0.164 e. The zero-order valence-electron chi connectivity index (χ0n) is 29.9. The Kier molecular flexibility index (Phi) is 7.92. The maximum absolute atomic E-state index is 5.48. The molecule has 0 atom stereocenters. The van der Waals surface area contributed by atoms with Crippen LogP contribution in [0.2, 0.25) is 0 Å². The Morgan fingerprint density at radius 1 is 0.309 bits per heavy atom. The van der Waals surface area contributed by atoms with Crippen LogP contribution in [0, 0.1) is 6.92 Å². The molecule has 0 radical (unpaired) electrons. The van der Waals surface area contributed by atoms with E-state index in [0.29, 0.717) is 17.5 Å². The number of pyridine rings is 1. The van der Waals surface area contributed by atoms with Crippen LogP contribution in [0.4, 0.5) is 0 Å². The highest BCUT2D eigenvalue weighted by atomic mass is 15.0. The van der Waals surface area contributed by atoms with E-state index in [9.17, 15) is 0 Å². The Labute approximate surface area is 318 Å². The van der Waals surface area contributed by atoms with Crippen LogP contribution in [0.3, 0.4) is 0 Å². The predicted octanol–water partition coefficient (Wildman–Crippen LogP) is 11.8. The Hall–Kier alpha value is -7.44. The Bertz CT molecular complexity index is 2950. The molecule has 0 N–H and O–H groups in total. The molecular weight excluding hydrogens is 673 g/mol. The lowest BCUT2D eigenvalue weighted by atomic mass is 9.94. The number of fused-ring (bicyclic) bond motifs is 5. The molecule has 0 amide bonds. The summed E-state index contributed by atoms with van der Waals surface area (Å²) < 4.78 is 0. The number of rotatable bonds is 6. The molecule has 3 aromatic heterocycles. The predicted molar refractivity (Wildman–Crippen MR) is 223 cm³/mol. The van der Waals surface area contributed by atoms with E-state index in [2.05, 4.69) is 79.7 Å². The van der Waals surface area contributed by atoms with Crippen molar-refractivity contribution in [3.8, 4) is 67.9 Å². The first-order chi connectivity index (χ1) is 27.2. The van der Waals surface area contributed by atoms with Crippen molar-refractivity contribution in [2.24, 2.45) is 0 Å². The van der Waals surface area contributed by atoms with Crippen LogP contribution in [-0.2, 0) is 0 Å². The van der Waals surface area contributed by atoms with Crippen molar-refractivity contribution in [1.82, 2.24) is 29.9 Å². The largest absolute Gasteiger partial charge is 0.247 e. The average molecular weight is 705 g/mol. The first kappa shape index (κ1) is 32.2. The smallest absolute Gasteiger partial charge is 0.164 e. The van der Waals surface area contributed by atoms with Crippen LogP contribution in [0.25, 0.3) is 101 Å². The van der Waals surface area contributed by atoms with Gasteiger partial charge in [-0.3, -0.25) is 0 Å². The number of aromatic nitrogens is 6. The molecule has 0 aliphatic heterocycles. The second-order valence-electron chi connectivity index (χ2n) is 13.6. The summed E-state index contributed by atoms with van der Waals surface area (Å²) in [4.78, 5) is 30.9. The summed E-state index contributed by atoms with van der Waals surface area (Å²) in [5.74, 6) is 1.87. The Morgan fingerprint density at radius 3 is 1.25 bits per heavy atom. The standard InChI is InChI=1S/C49H32N6/c1-31-30-40-46(52-45(33-18-8-3-9-19-33)44(51-40)32-16-6-2-7-17-32)42-38-24-14-15-25-39(38)50-43(41(31)42)34-26-28-37(29-27-34)49-54-47(35-20-10-4-11-21-35)53-48(55-49)36-22-12-5-13-23-36/h2-30H,1H3. The molecule has 6 nitrogen and oxygen atoms in total. The molecule has 0 fully saturated rings. The van der Waals surface area contributed by atoms with Gasteiger partial charge < -0.3 is 0 Å². The van der Waals surface area contributed by atoms with Crippen molar-refractivity contribution >= 4 is 32.7 Å². The van der Waals surface area contributed by atoms with Gasteiger partial charge in [0.25, 0.3) is 0 Å². The number of hydrogen-bond acceptors (Lipinski definition) is 6. The van der Waals surface area contributed by atoms with E-state index in [1.807, 2.05) is 103 Å². The summed E-state index contributed by atoms with van der Waals surface area (Å²) in [6.07, 6.45) is 0. The third kappa shape index (κ3) is 5.86. The fourth-order valence-corrected chi connectivity index (χ4v) is 7.37. The Morgan fingerprint density at radius 2 is 0.709 bits per heavy atom. The van der Waals surface area contributed by atoms with Crippen molar-refractivity contribution in [1.29, 1.82) is 0 Å². The minimum atomic E-state index is 0.607. The first-order valence-corrected chi connectivity index (χ1v) is 18.3. The minimum Gasteiger partial charge on any atom is -0.247 e. The molecule has 258 valence electrons. The highest BCUT2D eigenvalue weighted by Gasteiger charge is 2.21. The van der Waals surface area contributed by atoms with Crippen LogP contribution >= 0.6 is 0 Å². The number of nitrogens with zero attached hydrogens (tertiary/aromatic N) is 6. The van der Waals surface area contributed by atoms with Gasteiger partial charge in [-0.2, -0.15) is 0 Å². The van der Waals surface area contributed by atoms with Gasteiger partial charge in [0.2, 0.25) is 0 Å². The SMILES string of the molecule is Cc1cc2nc(-c3ccccc3)c(-c3ccccc3)nc2c2c1c(-c1ccc(-c3nc(-c4ccccc4)nc(-c4ccccc4)n3)cc1)nc1ccccc12. The van der Waals surface area contributed by atoms with Crippen LogP contribution in [0.1, 0.15) is 5.56 Å². The van der Waals surface area contributed by atoms with E-state index >= 15 is 0 Å². The molecule has 0 saturated carbocycles. The van der Waals surface area contributed by atoms with Gasteiger partial charge in [-0.05, 0) is 24.6 Å². The summed E-state index contributed by atoms with van der Waals surface area (Å²) >= 11 is 0. The van der Waals surface area contributed by atoms with Crippen molar-refractivity contribution in [2.75, 3.05) is 0 Å². The van der Waals surface area contributed by atoms with Gasteiger partial charge in [0.05, 0.1) is 33.6 Å². The Balaban J connectivity index is 1.17. The quantitative estimate of drug-likeness (QED) is 0.160. The van der Waals surface area contributed by atoms with Gasteiger partial charge in [-0.1, -0.05) is 164 Å². The molecule has 6 heteroatoms. The molecule has 0 spiro atoms. The molecule has 3 heterocycles. The van der Waals surface area contributed by atoms with Crippen LogP contribution in [0.5, 0.6) is 0 Å². The lowest BCUT2D eigenvalue weighted by Gasteiger charge is -2.17. The normalized spacial score (nSPS) is 11.4. The van der Waals surface area contributed by atoms with Gasteiger partial charge in [0, 0.05) is 49.5 Å². The highest BCUT2D eigenvalue weighted by molar-refractivity contribution is 6.22. The lowest BCUT2D eigenvalue weighted by molar-refractivity contribution is 1.07. The van der Waals surface area contributed by atoms with E-state index in [-0.39, 0.29) is 0 Å². The van der Waals surface area contributed by atoms with Crippen LogP contribution in [0.15, 0.2) is 176 Å². The molecule has 0 saturated heterocycles. The molecular formula is C49H32N6. The van der Waals surface area contributed by atoms with Gasteiger partial charge in [-0.15, -0.1) is 0 Å². The van der Waals surface area contributed by atoms with Crippen molar-refractivity contribution < 1.29 is 0 Å². The highest BCUT2D eigenvalue weighted by Crippen LogP contribution is 2.41. The van der Waals surface area contributed by atoms with Crippen LogP contribution in [-0.4, -0.2) is 29.9 Å². The van der Waals surface area contributed by atoms with Gasteiger partial charge in [0.1, 0.15) is 0 Å². The zero-order valence-corrected chi connectivity index (χ0v) is 29.9. The van der Waals surface area contributed by atoms with E-state index in [1.165, 1.54) is 0 Å². The van der Waals surface area contributed by atoms with Crippen molar-refractivity contribution in [3.63, 3.8) is 0 Å². The molecule has 10 aromatic rings. The molecule has 0 aliphatic rings. The van der Waals surface area contributed by atoms with E-state index < -0.39 is 0 Å². The van der Waals surface area contributed by atoms with Gasteiger partial charge in [-0.25, -0.2) is 29.9 Å². The third-order valence-corrected chi connectivity index (χ3v) is 10.0. The molecule has 7 aromatic carbocycles. The van der Waals surface area contributed by atoms with Gasteiger partial charge in [0.15, 0.2) is 17.5 Å². The molecule has 0 unspecified atom stereocenters. The number of aryl methyl sites for hydroxylation is 1. The van der Waals surface area contributed by atoms with Crippen molar-refractivity contribution in [3.05, 3.63) is 181 Å². The number of hydrogen-bond donors (Lipinski definition) is 0. The fourth-order valence-electron chi connectivity index (χ4n) is 7.37. The average Bonchev–Trinajstić information content (AvgIpc) is 3.26. The summed E-state index contributed by atoms with van der Waals surface area (Å²) in [6, 6.07) is 59.6. The second-order valence-corrected chi connectivity index (χ2v) is 13.6. The van der Waals surface area contributed by atoms with Crippen LogP contribution < -0.4 is 0 Å². The number of para-hydroxylation sites is 1. The monoisotopic (exact) mass is 704 g/mol. The molecule has 55 heavy (non-hydrogen) atoms. The summed E-state index contributed by atoms with van der Waals surface area (Å²) in [6.45, 7) is 2.14. The fraction of sp³-hybridized carbons (Fsp3) is 0.0204. The molecule has 0 bridgehead atoms. The second kappa shape index (κ2) is 13.5. The summed E-state index contributed by atoms with van der Waals surface area (Å²) in [5, 5.41) is 3.14. The van der Waals surface area contributed by atoms with Crippen molar-refractivity contribution in [2.45, 2.75) is 6.92 Å². The zero-order chi connectivity index (χ0) is 36.7. The number of benzene rings is 7. The minimum absolute atomic E-state index is 0.607. The topological polar surface area (TPSA) is 77.3 Å². The van der Waals surface area contributed by atoms with E-state index in [4.69, 9.17) is 29.9 Å². The van der Waals surface area contributed by atoms with Gasteiger partial charge >= 0.3 is 0 Å². The molecule has 0 aliphatic carbocycles. The van der Waals surface area contributed by atoms with E-state index in [0.717, 1.165) is 88.7 Å². The first-order valence-electron chi connectivity index (χ1n) is 18.3. The summed E-state index contributed by atoms with van der Waals surface area (Å²) in [5.41, 5.74) is 12.1. The lowest BCUT2D eigenvalue weighted by Crippen LogP contribution is -2.00. The maximum atomic E-state index is 5.48. The molecule has 10 rings (SSSR count). The summed E-state index contributed by atoms with van der Waals surface area (Å²) in [7, 11) is 0. The third-order valence-electron chi connectivity index (χ3n) is 10.0.